The molecule has 0 aliphatic rings. The van der Waals surface area contributed by atoms with Crippen LogP contribution in [0.25, 0.3) is 0 Å². The molecule has 1 rings (SSSR count). The maximum absolute atomic E-state index is 10.2. The summed E-state index contributed by atoms with van der Waals surface area (Å²) in [6, 6.07) is 6.05. The van der Waals surface area contributed by atoms with Crippen molar-refractivity contribution in [2.45, 2.75) is 44.1 Å². The first-order valence-corrected chi connectivity index (χ1v) is 6.70. The van der Waals surface area contributed by atoms with Crippen LogP contribution in [0.4, 0.5) is 5.69 Å². The zero-order valence-corrected chi connectivity index (χ0v) is 11.1. The first kappa shape index (κ1) is 13.4. The first-order chi connectivity index (χ1) is 7.50. The normalized spacial score (nSPS) is 11.8. The van der Waals surface area contributed by atoms with Crippen molar-refractivity contribution in [1.29, 1.82) is 0 Å². The van der Waals surface area contributed by atoms with Crippen molar-refractivity contribution >= 4 is 17.4 Å². The molecule has 0 fully saturated rings. The number of hydrogen-bond acceptors (Lipinski definition) is 3. The standard InChI is InChI=1S/C13H21NOS/c1-4-13(15,5-2)9-16-12-7-6-10(3)8-11(12)14/h6-8,15H,4-5,9,14H2,1-3H3. The molecular formula is C13H21NOS. The van der Waals surface area contributed by atoms with E-state index < -0.39 is 5.60 Å². The Bertz CT molecular complexity index is 348. The average molecular weight is 239 g/mol. The zero-order chi connectivity index (χ0) is 12.2. The third-order valence-corrected chi connectivity index (χ3v) is 4.34. The van der Waals surface area contributed by atoms with Crippen LogP contribution in [-0.2, 0) is 0 Å². The summed E-state index contributed by atoms with van der Waals surface area (Å²) in [5, 5.41) is 10.2. The molecule has 0 saturated heterocycles. The molecule has 1 aromatic carbocycles. The van der Waals surface area contributed by atoms with E-state index in [1.165, 1.54) is 5.56 Å². The first-order valence-electron chi connectivity index (χ1n) is 5.72. The van der Waals surface area contributed by atoms with Gasteiger partial charge in [0.1, 0.15) is 0 Å². The number of hydrogen-bond donors (Lipinski definition) is 2. The topological polar surface area (TPSA) is 46.2 Å². The van der Waals surface area contributed by atoms with Crippen LogP contribution >= 0.6 is 11.8 Å². The Morgan fingerprint density at radius 3 is 2.44 bits per heavy atom. The lowest BCUT2D eigenvalue weighted by molar-refractivity contribution is 0.0572. The van der Waals surface area contributed by atoms with Crippen molar-refractivity contribution in [2.24, 2.45) is 0 Å². The van der Waals surface area contributed by atoms with E-state index in [4.69, 9.17) is 5.73 Å². The van der Waals surface area contributed by atoms with Crippen LogP contribution in [0.3, 0.4) is 0 Å². The molecule has 0 radical (unpaired) electrons. The van der Waals surface area contributed by atoms with Gasteiger partial charge in [0.2, 0.25) is 0 Å². The number of benzene rings is 1. The molecular weight excluding hydrogens is 218 g/mol. The summed E-state index contributed by atoms with van der Waals surface area (Å²) >= 11 is 1.64. The van der Waals surface area contributed by atoms with E-state index in [2.05, 4.69) is 6.07 Å². The van der Waals surface area contributed by atoms with Crippen molar-refractivity contribution in [3.8, 4) is 0 Å². The third-order valence-electron chi connectivity index (χ3n) is 2.98. The lowest BCUT2D eigenvalue weighted by Crippen LogP contribution is -2.29. The molecule has 0 spiro atoms. The van der Waals surface area contributed by atoms with Gasteiger partial charge in [-0.3, -0.25) is 0 Å². The van der Waals surface area contributed by atoms with Gasteiger partial charge in [0, 0.05) is 16.3 Å². The second-order valence-electron chi connectivity index (χ2n) is 4.26. The van der Waals surface area contributed by atoms with Crippen LogP contribution in [0.15, 0.2) is 23.1 Å². The van der Waals surface area contributed by atoms with Crippen molar-refractivity contribution in [3.63, 3.8) is 0 Å². The van der Waals surface area contributed by atoms with Gasteiger partial charge >= 0.3 is 0 Å². The fourth-order valence-electron chi connectivity index (χ4n) is 1.47. The summed E-state index contributed by atoms with van der Waals surface area (Å²) in [5.41, 5.74) is 7.34. The maximum Gasteiger partial charge on any atom is 0.0736 e. The third kappa shape index (κ3) is 3.42. The highest BCUT2D eigenvalue weighted by molar-refractivity contribution is 7.99. The number of nitrogens with two attached hydrogens (primary N) is 1. The van der Waals surface area contributed by atoms with E-state index in [0.29, 0.717) is 5.75 Å². The van der Waals surface area contributed by atoms with Crippen LogP contribution in [-0.4, -0.2) is 16.5 Å². The number of nitrogen functional groups attached to an aromatic ring is 1. The Kier molecular flexibility index (Phi) is 4.69. The Hall–Kier alpha value is -0.670. The fourth-order valence-corrected chi connectivity index (χ4v) is 2.69. The minimum atomic E-state index is -0.567. The van der Waals surface area contributed by atoms with Crippen molar-refractivity contribution in [1.82, 2.24) is 0 Å². The summed E-state index contributed by atoms with van der Waals surface area (Å²) in [6.45, 7) is 6.06. The predicted octanol–water partition coefficient (Wildman–Crippen LogP) is 3.22. The van der Waals surface area contributed by atoms with Gasteiger partial charge in [-0.25, -0.2) is 0 Å². The van der Waals surface area contributed by atoms with E-state index in [-0.39, 0.29) is 0 Å². The molecule has 3 N–H and O–H groups in total. The minimum Gasteiger partial charge on any atom is -0.398 e. The van der Waals surface area contributed by atoms with Gasteiger partial charge in [-0.05, 0) is 37.5 Å². The Balaban J connectivity index is 2.67. The molecule has 0 bridgehead atoms. The fraction of sp³-hybridized carbons (Fsp3) is 0.538. The average Bonchev–Trinajstić information content (AvgIpc) is 2.27. The van der Waals surface area contributed by atoms with Crippen LogP contribution in [0.1, 0.15) is 32.3 Å². The number of aliphatic hydroxyl groups is 1. The van der Waals surface area contributed by atoms with Gasteiger partial charge in [-0.2, -0.15) is 0 Å². The highest BCUT2D eigenvalue weighted by Crippen LogP contribution is 2.30. The van der Waals surface area contributed by atoms with Crippen molar-refractivity contribution in [3.05, 3.63) is 23.8 Å². The molecule has 0 aromatic heterocycles. The molecule has 90 valence electrons. The number of anilines is 1. The summed E-state index contributed by atoms with van der Waals surface area (Å²) in [5.74, 6) is 0.702. The van der Waals surface area contributed by atoms with Gasteiger partial charge in [0.25, 0.3) is 0 Å². The molecule has 0 unspecified atom stereocenters. The van der Waals surface area contributed by atoms with Crippen LogP contribution in [0, 0.1) is 6.92 Å². The lowest BCUT2D eigenvalue weighted by atomic mass is 10.0. The van der Waals surface area contributed by atoms with E-state index >= 15 is 0 Å². The van der Waals surface area contributed by atoms with Gasteiger partial charge in [-0.15, -0.1) is 11.8 Å². The Morgan fingerprint density at radius 1 is 1.31 bits per heavy atom. The van der Waals surface area contributed by atoms with Crippen LogP contribution < -0.4 is 5.73 Å². The van der Waals surface area contributed by atoms with Gasteiger partial charge < -0.3 is 10.8 Å². The smallest absolute Gasteiger partial charge is 0.0736 e. The monoisotopic (exact) mass is 239 g/mol. The maximum atomic E-state index is 10.2. The summed E-state index contributed by atoms with van der Waals surface area (Å²) in [7, 11) is 0. The molecule has 0 heterocycles. The molecule has 3 heteroatoms. The van der Waals surface area contributed by atoms with Crippen molar-refractivity contribution < 1.29 is 5.11 Å². The molecule has 0 atom stereocenters. The second-order valence-corrected chi connectivity index (χ2v) is 5.28. The number of aryl methyl sites for hydroxylation is 1. The van der Waals surface area contributed by atoms with E-state index in [1.54, 1.807) is 11.8 Å². The Morgan fingerprint density at radius 2 is 1.94 bits per heavy atom. The largest absolute Gasteiger partial charge is 0.398 e. The molecule has 0 saturated carbocycles. The number of thioether (sulfide) groups is 1. The quantitative estimate of drug-likeness (QED) is 0.612. The van der Waals surface area contributed by atoms with Gasteiger partial charge in [-0.1, -0.05) is 19.9 Å². The lowest BCUT2D eigenvalue weighted by Gasteiger charge is -2.24. The zero-order valence-electron chi connectivity index (χ0n) is 10.3. The van der Waals surface area contributed by atoms with Gasteiger partial charge in [0.05, 0.1) is 5.60 Å². The molecule has 0 amide bonds. The van der Waals surface area contributed by atoms with Gasteiger partial charge in [0.15, 0.2) is 0 Å². The highest BCUT2D eigenvalue weighted by atomic mass is 32.2. The van der Waals surface area contributed by atoms with E-state index in [1.807, 2.05) is 32.9 Å². The summed E-state index contributed by atoms with van der Waals surface area (Å²) in [6.07, 6.45) is 1.56. The van der Waals surface area contributed by atoms with Crippen LogP contribution in [0.2, 0.25) is 0 Å². The SMILES string of the molecule is CCC(O)(CC)CSc1ccc(C)cc1N. The number of rotatable bonds is 5. The highest BCUT2D eigenvalue weighted by Gasteiger charge is 2.22. The molecule has 0 aliphatic heterocycles. The van der Waals surface area contributed by atoms with E-state index in [9.17, 15) is 5.11 Å². The second kappa shape index (κ2) is 5.60. The predicted molar refractivity (Wildman–Crippen MR) is 71.8 cm³/mol. The van der Waals surface area contributed by atoms with Crippen LogP contribution in [0.5, 0.6) is 0 Å². The molecule has 2 nitrogen and oxygen atoms in total. The summed E-state index contributed by atoms with van der Waals surface area (Å²) < 4.78 is 0. The minimum absolute atomic E-state index is 0.567. The Labute approximate surface area is 102 Å². The van der Waals surface area contributed by atoms with Crippen molar-refractivity contribution in [2.75, 3.05) is 11.5 Å². The molecule has 1 aromatic rings. The molecule has 16 heavy (non-hydrogen) atoms. The van der Waals surface area contributed by atoms with E-state index in [0.717, 1.165) is 23.4 Å². The summed E-state index contributed by atoms with van der Waals surface area (Å²) in [4.78, 5) is 1.06. The molecule has 0 aliphatic carbocycles.